The molecule has 3 rings (SSSR count). The highest BCUT2D eigenvalue weighted by atomic mass is 35.5. The van der Waals surface area contributed by atoms with Gasteiger partial charge in [-0.1, -0.05) is 29.8 Å². The van der Waals surface area contributed by atoms with Gasteiger partial charge in [0.1, 0.15) is 0 Å². The molecular formula is C21H29ClN4OS. The number of hydrogen-bond acceptors (Lipinski definition) is 4. The van der Waals surface area contributed by atoms with Crippen molar-refractivity contribution in [1.82, 2.24) is 15.1 Å². The van der Waals surface area contributed by atoms with Crippen LogP contribution in [0, 0.1) is 0 Å². The van der Waals surface area contributed by atoms with Gasteiger partial charge in [-0.2, -0.15) is 0 Å². The lowest BCUT2D eigenvalue weighted by Crippen LogP contribution is -2.47. The first-order chi connectivity index (χ1) is 13.7. The van der Waals surface area contributed by atoms with Gasteiger partial charge in [0.05, 0.1) is 19.3 Å². The van der Waals surface area contributed by atoms with Gasteiger partial charge in [0, 0.05) is 50.2 Å². The smallest absolute Gasteiger partial charge is 0.193 e. The van der Waals surface area contributed by atoms with E-state index in [2.05, 4.69) is 56.8 Å². The third-order valence-corrected chi connectivity index (χ3v) is 6.19. The molecule has 1 unspecified atom stereocenters. The SMILES string of the molecule is CN=C(NCC(c1cccc(Cl)c1)N1CCOCC1)N(C)CCc1cccs1. The molecular weight excluding hydrogens is 392 g/mol. The fourth-order valence-corrected chi connectivity index (χ4v) is 4.37. The van der Waals surface area contributed by atoms with Crippen LogP contribution in [0.3, 0.4) is 0 Å². The van der Waals surface area contributed by atoms with Gasteiger partial charge < -0.3 is 15.0 Å². The zero-order valence-corrected chi connectivity index (χ0v) is 18.2. The molecule has 0 radical (unpaired) electrons. The summed E-state index contributed by atoms with van der Waals surface area (Å²) < 4.78 is 5.54. The highest BCUT2D eigenvalue weighted by Crippen LogP contribution is 2.24. The van der Waals surface area contributed by atoms with Crippen LogP contribution in [-0.2, 0) is 11.2 Å². The number of benzene rings is 1. The molecule has 1 aliphatic heterocycles. The molecule has 0 saturated carbocycles. The van der Waals surface area contributed by atoms with Crippen molar-refractivity contribution in [2.24, 2.45) is 4.99 Å². The molecule has 28 heavy (non-hydrogen) atoms. The van der Waals surface area contributed by atoms with Crippen LogP contribution >= 0.6 is 22.9 Å². The first kappa shape index (κ1) is 21.1. The predicted molar refractivity (Wildman–Crippen MR) is 119 cm³/mol. The first-order valence-corrected chi connectivity index (χ1v) is 10.9. The number of halogens is 1. The van der Waals surface area contributed by atoms with E-state index in [1.165, 1.54) is 10.4 Å². The number of thiophene rings is 1. The number of guanidine groups is 1. The van der Waals surface area contributed by atoms with Gasteiger partial charge in [-0.3, -0.25) is 9.89 Å². The molecule has 2 heterocycles. The van der Waals surface area contributed by atoms with Gasteiger partial charge in [0.25, 0.3) is 0 Å². The maximum atomic E-state index is 6.26. The quantitative estimate of drug-likeness (QED) is 0.549. The lowest BCUT2D eigenvalue weighted by molar-refractivity contribution is 0.0169. The summed E-state index contributed by atoms with van der Waals surface area (Å²) in [5, 5.41) is 6.47. The van der Waals surface area contributed by atoms with Crippen LogP contribution in [0.4, 0.5) is 0 Å². The number of morpholine rings is 1. The molecule has 1 fully saturated rings. The molecule has 0 aliphatic carbocycles. The summed E-state index contributed by atoms with van der Waals surface area (Å²) in [7, 11) is 3.93. The molecule has 1 aromatic carbocycles. The summed E-state index contributed by atoms with van der Waals surface area (Å²) in [6, 6.07) is 12.7. The topological polar surface area (TPSA) is 40.1 Å². The maximum Gasteiger partial charge on any atom is 0.193 e. The third kappa shape index (κ3) is 5.95. The number of aliphatic imine (C=N–C) groups is 1. The average molecular weight is 421 g/mol. The van der Waals surface area contributed by atoms with Crippen LogP contribution in [-0.4, -0.2) is 69.2 Å². The Morgan fingerprint density at radius 2 is 2.14 bits per heavy atom. The zero-order chi connectivity index (χ0) is 19.8. The Balaban J connectivity index is 1.63. The minimum Gasteiger partial charge on any atom is -0.379 e. The number of hydrogen-bond donors (Lipinski definition) is 1. The predicted octanol–water partition coefficient (Wildman–Crippen LogP) is 3.52. The Morgan fingerprint density at radius 1 is 1.32 bits per heavy atom. The molecule has 5 nitrogen and oxygen atoms in total. The van der Waals surface area contributed by atoms with Crippen LogP contribution in [0.2, 0.25) is 5.02 Å². The van der Waals surface area contributed by atoms with E-state index < -0.39 is 0 Å². The van der Waals surface area contributed by atoms with Gasteiger partial charge in [-0.05, 0) is 35.6 Å². The van der Waals surface area contributed by atoms with Crippen molar-refractivity contribution in [2.75, 3.05) is 53.5 Å². The van der Waals surface area contributed by atoms with Crippen LogP contribution in [0.15, 0.2) is 46.8 Å². The Bertz CT molecular complexity index is 747. The summed E-state index contributed by atoms with van der Waals surface area (Å²) in [5.41, 5.74) is 1.22. The van der Waals surface area contributed by atoms with Crippen molar-refractivity contribution >= 4 is 28.9 Å². The summed E-state index contributed by atoms with van der Waals surface area (Å²) in [6.07, 6.45) is 1.02. The minimum atomic E-state index is 0.227. The van der Waals surface area contributed by atoms with Gasteiger partial charge in [-0.15, -0.1) is 11.3 Å². The lowest BCUT2D eigenvalue weighted by Gasteiger charge is -2.35. The summed E-state index contributed by atoms with van der Waals surface area (Å²) in [6.45, 7) is 5.09. The summed E-state index contributed by atoms with van der Waals surface area (Å²) in [5.74, 6) is 0.914. The van der Waals surface area contributed by atoms with Gasteiger partial charge in [0.2, 0.25) is 0 Å². The van der Waals surface area contributed by atoms with Crippen molar-refractivity contribution in [3.8, 4) is 0 Å². The van der Waals surface area contributed by atoms with E-state index in [0.717, 1.165) is 56.8 Å². The molecule has 1 aromatic heterocycles. The molecule has 1 atom stereocenters. The second-order valence-electron chi connectivity index (χ2n) is 6.90. The van der Waals surface area contributed by atoms with E-state index in [1.807, 2.05) is 19.2 Å². The summed E-state index contributed by atoms with van der Waals surface area (Å²) in [4.78, 5) is 10.5. The Kier molecular flexibility index (Phi) is 8.15. The maximum absolute atomic E-state index is 6.26. The van der Waals surface area contributed by atoms with Crippen LogP contribution in [0.1, 0.15) is 16.5 Å². The molecule has 1 N–H and O–H groups in total. The molecule has 152 valence electrons. The van der Waals surface area contributed by atoms with E-state index in [1.54, 1.807) is 11.3 Å². The Labute approximate surface area is 177 Å². The third-order valence-electron chi connectivity index (χ3n) is 5.02. The number of likely N-dealkylation sites (N-methyl/N-ethyl adjacent to an activating group) is 1. The van der Waals surface area contributed by atoms with Crippen molar-refractivity contribution in [1.29, 1.82) is 0 Å². The van der Waals surface area contributed by atoms with E-state index in [-0.39, 0.29) is 6.04 Å². The lowest BCUT2D eigenvalue weighted by atomic mass is 10.0. The number of ether oxygens (including phenoxy) is 1. The average Bonchev–Trinajstić information content (AvgIpc) is 3.24. The Hall–Kier alpha value is -1.60. The summed E-state index contributed by atoms with van der Waals surface area (Å²) >= 11 is 8.07. The number of rotatable bonds is 7. The highest BCUT2D eigenvalue weighted by Gasteiger charge is 2.23. The molecule has 1 aliphatic rings. The highest BCUT2D eigenvalue weighted by molar-refractivity contribution is 7.09. The Morgan fingerprint density at radius 3 is 2.82 bits per heavy atom. The fourth-order valence-electron chi connectivity index (χ4n) is 3.47. The molecule has 0 bridgehead atoms. The standard InChI is InChI=1S/C21H29ClN4OS/c1-23-21(25(2)9-8-19-7-4-14-28-19)24-16-20(26-10-12-27-13-11-26)17-5-3-6-18(22)15-17/h3-7,14-15,20H,8-13,16H2,1-2H3,(H,23,24). The number of nitrogens with one attached hydrogen (secondary N) is 1. The van der Waals surface area contributed by atoms with E-state index in [9.17, 15) is 0 Å². The van der Waals surface area contributed by atoms with Crippen LogP contribution in [0.25, 0.3) is 0 Å². The first-order valence-electron chi connectivity index (χ1n) is 9.69. The molecule has 7 heteroatoms. The second kappa shape index (κ2) is 10.8. The van der Waals surface area contributed by atoms with Crippen molar-refractivity contribution < 1.29 is 4.74 Å². The zero-order valence-electron chi connectivity index (χ0n) is 16.6. The van der Waals surface area contributed by atoms with Crippen molar-refractivity contribution in [3.05, 3.63) is 57.2 Å². The van der Waals surface area contributed by atoms with Crippen LogP contribution in [0.5, 0.6) is 0 Å². The van der Waals surface area contributed by atoms with Crippen molar-refractivity contribution in [2.45, 2.75) is 12.5 Å². The van der Waals surface area contributed by atoms with Gasteiger partial charge in [0.15, 0.2) is 5.96 Å². The second-order valence-corrected chi connectivity index (χ2v) is 8.37. The molecule has 2 aromatic rings. The van der Waals surface area contributed by atoms with E-state index in [4.69, 9.17) is 16.3 Å². The minimum absolute atomic E-state index is 0.227. The molecule has 0 amide bonds. The molecule has 1 saturated heterocycles. The van der Waals surface area contributed by atoms with Gasteiger partial charge in [-0.25, -0.2) is 0 Å². The van der Waals surface area contributed by atoms with E-state index >= 15 is 0 Å². The fraction of sp³-hybridized carbons (Fsp3) is 0.476. The van der Waals surface area contributed by atoms with Crippen LogP contribution < -0.4 is 5.32 Å². The van der Waals surface area contributed by atoms with Crippen molar-refractivity contribution in [3.63, 3.8) is 0 Å². The normalized spacial score (nSPS) is 16.8. The van der Waals surface area contributed by atoms with E-state index in [0.29, 0.717) is 0 Å². The van der Waals surface area contributed by atoms with Gasteiger partial charge >= 0.3 is 0 Å². The number of nitrogens with zero attached hydrogens (tertiary/aromatic N) is 3. The molecule has 0 spiro atoms. The monoisotopic (exact) mass is 420 g/mol. The largest absolute Gasteiger partial charge is 0.379 e.